The largest absolute Gasteiger partial charge is 0.493 e. The van der Waals surface area contributed by atoms with Crippen molar-refractivity contribution in [2.45, 2.75) is 33.1 Å². The average Bonchev–Trinajstić information content (AvgIpc) is 2.59. The van der Waals surface area contributed by atoms with E-state index in [9.17, 15) is 4.79 Å². The summed E-state index contributed by atoms with van der Waals surface area (Å²) < 4.78 is 5.70. The minimum absolute atomic E-state index is 0.145. The lowest BCUT2D eigenvalue weighted by Gasteiger charge is -2.12. The van der Waals surface area contributed by atoms with Gasteiger partial charge in [0.15, 0.2) is 0 Å². The van der Waals surface area contributed by atoms with Crippen molar-refractivity contribution in [1.29, 1.82) is 0 Å². The van der Waals surface area contributed by atoms with Crippen LogP contribution in [0.3, 0.4) is 0 Å². The molecule has 0 saturated carbocycles. The lowest BCUT2D eigenvalue weighted by Crippen LogP contribution is -2.10. The molecule has 1 N–H and O–H groups in total. The Kier molecular flexibility index (Phi) is 6.62. The molecule has 2 aromatic carbocycles. The minimum Gasteiger partial charge on any atom is -0.493 e. The fraction of sp³-hybridized carbons (Fsp3) is 0.286. The van der Waals surface area contributed by atoms with Gasteiger partial charge in [-0.2, -0.15) is 0 Å². The van der Waals surface area contributed by atoms with Crippen LogP contribution in [0.15, 0.2) is 54.6 Å². The number of para-hydroxylation sites is 2. The third kappa shape index (κ3) is 4.98. The van der Waals surface area contributed by atoms with Crippen molar-refractivity contribution in [3.8, 4) is 5.75 Å². The van der Waals surface area contributed by atoms with Crippen LogP contribution < -0.4 is 10.1 Å². The van der Waals surface area contributed by atoms with Gasteiger partial charge in [-0.1, -0.05) is 57.2 Å². The fourth-order valence-corrected chi connectivity index (χ4v) is 2.42. The first kappa shape index (κ1) is 17.8. The Bertz CT molecular complexity index is 704. The van der Waals surface area contributed by atoms with E-state index in [1.807, 2.05) is 48.5 Å². The van der Waals surface area contributed by atoms with Gasteiger partial charge < -0.3 is 10.1 Å². The van der Waals surface area contributed by atoms with Gasteiger partial charge in [-0.15, -0.1) is 0 Å². The number of carbonyl (C=O) groups is 1. The Labute approximate surface area is 144 Å². The normalized spacial score (nSPS) is 11.0. The van der Waals surface area contributed by atoms with Gasteiger partial charge >= 0.3 is 0 Å². The predicted molar refractivity (Wildman–Crippen MR) is 100 cm³/mol. The van der Waals surface area contributed by atoms with E-state index in [2.05, 4.69) is 26.1 Å². The smallest absolute Gasteiger partial charge is 0.248 e. The van der Waals surface area contributed by atoms with Gasteiger partial charge in [0.2, 0.25) is 5.91 Å². The third-order valence-electron chi connectivity index (χ3n) is 3.64. The Morgan fingerprint density at radius 3 is 2.58 bits per heavy atom. The van der Waals surface area contributed by atoms with Crippen LogP contribution in [0.2, 0.25) is 0 Å². The molecule has 0 spiro atoms. The van der Waals surface area contributed by atoms with Crippen molar-refractivity contribution in [1.82, 2.24) is 0 Å². The zero-order valence-electron chi connectivity index (χ0n) is 14.6. The Morgan fingerprint density at radius 2 is 1.83 bits per heavy atom. The van der Waals surface area contributed by atoms with Gasteiger partial charge in [-0.05, 0) is 36.1 Å². The zero-order valence-corrected chi connectivity index (χ0v) is 14.6. The van der Waals surface area contributed by atoms with E-state index in [4.69, 9.17) is 4.74 Å². The van der Waals surface area contributed by atoms with E-state index in [-0.39, 0.29) is 5.91 Å². The van der Waals surface area contributed by atoms with Gasteiger partial charge in [0.1, 0.15) is 5.75 Å². The van der Waals surface area contributed by atoms with Crippen molar-refractivity contribution >= 4 is 17.7 Å². The number of anilines is 1. The SMILES string of the molecule is CCCOc1ccccc1C=CC(=O)Nc1ccccc1C(C)C. The molecular formula is C21H25NO2. The van der Waals surface area contributed by atoms with Crippen LogP contribution in [0, 0.1) is 0 Å². The molecule has 0 unspecified atom stereocenters. The quantitative estimate of drug-likeness (QED) is 0.707. The van der Waals surface area contributed by atoms with Gasteiger partial charge in [-0.3, -0.25) is 4.79 Å². The molecule has 0 fully saturated rings. The summed E-state index contributed by atoms with van der Waals surface area (Å²) in [6.07, 6.45) is 4.29. The Balaban J connectivity index is 2.09. The number of amides is 1. The molecule has 0 heterocycles. The zero-order chi connectivity index (χ0) is 17.4. The summed E-state index contributed by atoms with van der Waals surface area (Å²) in [5.74, 6) is 1.01. The standard InChI is InChI=1S/C21H25NO2/c1-4-15-24-20-12-8-5-9-17(20)13-14-21(23)22-19-11-7-6-10-18(19)16(2)3/h5-14,16H,4,15H2,1-3H3,(H,22,23). The van der Waals surface area contributed by atoms with E-state index in [1.54, 1.807) is 12.2 Å². The van der Waals surface area contributed by atoms with Crippen LogP contribution in [0.1, 0.15) is 44.2 Å². The van der Waals surface area contributed by atoms with Gasteiger partial charge in [0.05, 0.1) is 6.61 Å². The summed E-state index contributed by atoms with van der Waals surface area (Å²) in [6.45, 7) is 6.96. The molecule has 2 aromatic rings. The maximum absolute atomic E-state index is 12.2. The molecule has 0 radical (unpaired) electrons. The van der Waals surface area contributed by atoms with E-state index >= 15 is 0 Å². The van der Waals surface area contributed by atoms with E-state index in [0.29, 0.717) is 12.5 Å². The van der Waals surface area contributed by atoms with E-state index in [0.717, 1.165) is 29.0 Å². The van der Waals surface area contributed by atoms with Crippen molar-refractivity contribution < 1.29 is 9.53 Å². The van der Waals surface area contributed by atoms with Gasteiger partial charge in [0, 0.05) is 17.3 Å². The van der Waals surface area contributed by atoms with Crippen LogP contribution in [0.25, 0.3) is 6.08 Å². The maximum Gasteiger partial charge on any atom is 0.248 e. The van der Waals surface area contributed by atoms with Gasteiger partial charge in [0.25, 0.3) is 0 Å². The molecular weight excluding hydrogens is 298 g/mol. The molecule has 1 amide bonds. The second kappa shape index (κ2) is 8.92. The van der Waals surface area contributed by atoms with Crippen LogP contribution in [0.4, 0.5) is 5.69 Å². The average molecular weight is 323 g/mol. The first-order valence-corrected chi connectivity index (χ1v) is 8.41. The van der Waals surface area contributed by atoms with Crippen LogP contribution in [-0.4, -0.2) is 12.5 Å². The molecule has 0 aliphatic carbocycles. The van der Waals surface area contributed by atoms with E-state index in [1.165, 1.54) is 0 Å². The summed E-state index contributed by atoms with van der Waals surface area (Å²) in [6, 6.07) is 15.6. The number of hydrogen-bond donors (Lipinski definition) is 1. The molecule has 0 aliphatic heterocycles. The molecule has 0 aliphatic rings. The van der Waals surface area contributed by atoms with Crippen LogP contribution in [-0.2, 0) is 4.79 Å². The number of benzene rings is 2. The molecule has 0 aromatic heterocycles. The van der Waals surface area contributed by atoms with Gasteiger partial charge in [-0.25, -0.2) is 0 Å². The first-order chi connectivity index (χ1) is 11.6. The summed E-state index contributed by atoms with van der Waals surface area (Å²) in [7, 11) is 0. The molecule has 0 saturated heterocycles. The number of hydrogen-bond acceptors (Lipinski definition) is 2. The van der Waals surface area contributed by atoms with Crippen molar-refractivity contribution in [3.63, 3.8) is 0 Å². The number of nitrogens with one attached hydrogen (secondary N) is 1. The molecule has 0 atom stereocenters. The monoisotopic (exact) mass is 323 g/mol. The van der Waals surface area contributed by atoms with Crippen LogP contribution in [0.5, 0.6) is 5.75 Å². The third-order valence-corrected chi connectivity index (χ3v) is 3.64. The number of carbonyl (C=O) groups excluding carboxylic acids is 1. The van der Waals surface area contributed by atoms with Crippen molar-refractivity contribution in [2.24, 2.45) is 0 Å². The first-order valence-electron chi connectivity index (χ1n) is 8.41. The highest BCUT2D eigenvalue weighted by atomic mass is 16.5. The van der Waals surface area contributed by atoms with Crippen molar-refractivity contribution in [3.05, 3.63) is 65.7 Å². The van der Waals surface area contributed by atoms with E-state index < -0.39 is 0 Å². The predicted octanol–water partition coefficient (Wildman–Crippen LogP) is 5.25. The molecule has 0 bridgehead atoms. The summed E-state index contributed by atoms with van der Waals surface area (Å²) in [5.41, 5.74) is 2.89. The molecule has 3 nitrogen and oxygen atoms in total. The Hall–Kier alpha value is -2.55. The summed E-state index contributed by atoms with van der Waals surface area (Å²) in [4.78, 5) is 12.2. The molecule has 126 valence electrons. The van der Waals surface area contributed by atoms with Crippen molar-refractivity contribution in [2.75, 3.05) is 11.9 Å². The molecule has 2 rings (SSSR count). The Morgan fingerprint density at radius 1 is 1.12 bits per heavy atom. The summed E-state index contributed by atoms with van der Waals surface area (Å²) in [5, 5.41) is 2.96. The lowest BCUT2D eigenvalue weighted by molar-refractivity contribution is -0.111. The highest BCUT2D eigenvalue weighted by molar-refractivity contribution is 6.02. The lowest BCUT2D eigenvalue weighted by atomic mass is 10.0. The number of rotatable bonds is 7. The summed E-state index contributed by atoms with van der Waals surface area (Å²) >= 11 is 0. The fourth-order valence-electron chi connectivity index (χ4n) is 2.42. The highest BCUT2D eigenvalue weighted by Crippen LogP contribution is 2.24. The maximum atomic E-state index is 12.2. The number of ether oxygens (including phenoxy) is 1. The molecule has 24 heavy (non-hydrogen) atoms. The second-order valence-electron chi connectivity index (χ2n) is 5.95. The van der Waals surface area contributed by atoms with Crippen LogP contribution >= 0.6 is 0 Å². The molecule has 3 heteroatoms. The highest BCUT2D eigenvalue weighted by Gasteiger charge is 2.07. The topological polar surface area (TPSA) is 38.3 Å². The minimum atomic E-state index is -0.145. The second-order valence-corrected chi connectivity index (χ2v) is 5.95.